The van der Waals surface area contributed by atoms with Crippen LogP contribution >= 0.6 is 11.8 Å². The van der Waals surface area contributed by atoms with Crippen molar-refractivity contribution in [3.63, 3.8) is 0 Å². The van der Waals surface area contributed by atoms with E-state index in [9.17, 15) is 4.79 Å². The minimum absolute atomic E-state index is 0.0105. The van der Waals surface area contributed by atoms with Gasteiger partial charge in [-0.2, -0.15) is 0 Å². The maximum absolute atomic E-state index is 12.7. The molecule has 0 saturated carbocycles. The van der Waals surface area contributed by atoms with Crippen LogP contribution in [0.15, 0.2) is 83.8 Å². The molecule has 150 valence electrons. The van der Waals surface area contributed by atoms with E-state index in [1.807, 2.05) is 42.5 Å². The van der Waals surface area contributed by atoms with Gasteiger partial charge in [0, 0.05) is 17.2 Å². The molecular weight excluding hydrogens is 374 g/mol. The van der Waals surface area contributed by atoms with E-state index in [0.29, 0.717) is 12.5 Å². The van der Waals surface area contributed by atoms with Crippen molar-refractivity contribution >= 4 is 17.7 Å². The van der Waals surface area contributed by atoms with Crippen molar-refractivity contribution in [1.82, 2.24) is 5.32 Å². The fraction of sp³-hybridized carbons (Fsp3) is 0.269. The molecule has 0 bridgehead atoms. The monoisotopic (exact) mass is 403 g/mol. The highest BCUT2D eigenvalue weighted by molar-refractivity contribution is 7.98. The molecule has 0 fully saturated rings. The molecule has 3 aromatic carbocycles. The highest BCUT2D eigenvalue weighted by atomic mass is 32.2. The number of amides is 1. The number of rotatable bonds is 9. The van der Waals surface area contributed by atoms with Crippen LogP contribution < -0.4 is 5.32 Å². The average molecular weight is 404 g/mol. The summed E-state index contributed by atoms with van der Waals surface area (Å²) in [5.74, 6) is 1.43. The molecule has 0 unspecified atom stereocenters. The van der Waals surface area contributed by atoms with Gasteiger partial charge in [0.15, 0.2) is 0 Å². The van der Waals surface area contributed by atoms with Crippen molar-refractivity contribution in [2.24, 2.45) is 0 Å². The molecule has 3 heteroatoms. The Morgan fingerprint density at radius 3 is 2.28 bits per heavy atom. The molecule has 0 saturated heterocycles. The molecule has 0 aliphatic rings. The first kappa shape index (κ1) is 21.2. The number of carbonyl (C=O) groups excluding carboxylic acids is 1. The summed E-state index contributed by atoms with van der Waals surface area (Å²) in [7, 11) is 0. The van der Waals surface area contributed by atoms with Crippen molar-refractivity contribution in [2.75, 3.05) is 6.54 Å². The third-order valence-electron chi connectivity index (χ3n) is 4.94. The quantitative estimate of drug-likeness (QED) is 0.328. The van der Waals surface area contributed by atoms with Gasteiger partial charge in [0.2, 0.25) is 0 Å². The number of benzene rings is 3. The third-order valence-corrected chi connectivity index (χ3v) is 6.09. The Morgan fingerprint density at radius 2 is 1.55 bits per heavy atom. The van der Waals surface area contributed by atoms with Crippen LogP contribution in [0.2, 0.25) is 0 Å². The van der Waals surface area contributed by atoms with E-state index in [0.717, 1.165) is 29.1 Å². The second-order valence-electron chi connectivity index (χ2n) is 7.53. The molecule has 1 N–H and O–H groups in total. The predicted octanol–water partition coefficient (Wildman–Crippen LogP) is 6.46. The Kier molecular flexibility index (Phi) is 7.94. The summed E-state index contributed by atoms with van der Waals surface area (Å²) in [6.45, 7) is 5.10. The standard InChI is InChI=1S/C26H29NOS/c1-20(2)23-16-14-21(15-17-23)11-8-18-27-26(28)24-12-6-7-13-25(24)29-19-22-9-4-3-5-10-22/h3-7,9-10,12-17,20H,8,11,18-19H2,1-2H3,(H,27,28). The fourth-order valence-corrected chi connectivity index (χ4v) is 4.18. The number of thioether (sulfide) groups is 1. The van der Waals surface area contributed by atoms with Crippen LogP contribution in [0.5, 0.6) is 0 Å². The Balaban J connectivity index is 1.49. The minimum atomic E-state index is 0.0105. The van der Waals surface area contributed by atoms with Crippen LogP contribution in [0.4, 0.5) is 0 Å². The van der Waals surface area contributed by atoms with Gasteiger partial charge in [-0.1, -0.05) is 80.6 Å². The maximum atomic E-state index is 12.7. The van der Waals surface area contributed by atoms with Crippen LogP contribution in [-0.2, 0) is 12.2 Å². The predicted molar refractivity (Wildman–Crippen MR) is 124 cm³/mol. The zero-order valence-electron chi connectivity index (χ0n) is 17.2. The summed E-state index contributed by atoms with van der Waals surface area (Å²) >= 11 is 1.71. The number of carbonyl (C=O) groups is 1. The molecule has 0 atom stereocenters. The minimum Gasteiger partial charge on any atom is -0.352 e. The molecule has 0 heterocycles. The highest BCUT2D eigenvalue weighted by Gasteiger charge is 2.11. The first-order chi connectivity index (χ1) is 14.1. The van der Waals surface area contributed by atoms with Gasteiger partial charge in [-0.05, 0) is 47.6 Å². The molecular formula is C26H29NOS. The lowest BCUT2D eigenvalue weighted by Crippen LogP contribution is -2.25. The summed E-state index contributed by atoms with van der Waals surface area (Å²) in [5, 5.41) is 3.09. The van der Waals surface area contributed by atoms with Gasteiger partial charge < -0.3 is 5.32 Å². The SMILES string of the molecule is CC(C)c1ccc(CCCNC(=O)c2ccccc2SCc2ccccc2)cc1. The molecule has 2 nitrogen and oxygen atoms in total. The van der Waals surface area contributed by atoms with E-state index in [-0.39, 0.29) is 5.91 Å². The molecule has 0 radical (unpaired) electrons. The zero-order valence-corrected chi connectivity index (χ0v) is 18.0. The second-order valence-corrected chi connectivity index (χ2v) is 8.54. The van der Waals surface area contributed by atoms with Crippen molar-refractivity contribution in [3.8, 4) is 0 Å². The van der Waals surface area contributed by atoms with E-state index in [1.54, 1.807) is 11.8 Å². The zero-order chi connectivity index (χ0) is 20.5. The van der Waals surface area contributed by atoms with E-state index in [4.69, 9.17) is 0 Å². The van der Waals surface area contributed by atoms with Crippen molar-refractivity contribution < 1.29 is 4.79 Å². The van der Waals surface area contributed by atoms with Crippen molar-refractivity contribution in [2.45, 2.75) is 43.3 Å². The molecule has 3 aromatic rings. The van der Waals surface area contributed by atoms with Crippen molar-refractivity contribution in [1.29, 1.82) is 0 Å². The first-order valence-corrected chi connectivity index (χ1v) is 11.2. The van der Waals surface area contributed by atoms with Gasteiger partial charge >= 0.3 is 0 Å². The Hall–Kier alpha value is -2.52. The topological polar surface area (TPSA) is 29.1 Å². The largest absolute Gasteiger partial charge is 0.352 e. The summed E-state index contributed by atoms with van der Waals surface area (Å²) in [6.07, 6.45) is 1.91. The van der Waals surface area contributed by atoms with Crippen LogP contribution in [0.25, 0.3) is 0 Å². The summed E-state index contributed by atoms with van der Waals surface area (Å²) in [4.78, 5) is 13.7. The third kappa shape index (κ3) is 6.50. The lowest BCUT2D eigenvalue weighted by atomic mass is 10.0. The average Bonchev–Trinajstić information content (AvgIpc) is 2.76. The van der Waals surface area contributed by atoms with Crippen LogP contribution in [0, 0.1) is 0 Å². The van der Waals surface area contributed by atoms with Crippen LogP contribution in [-0.4, -0.2) is 12.5 Å². The normalized spacial score (nSPS) is 10.9. The van der Waals surface area contributed by atoms with Gasteiger partial charge in [0.1, 0.15) is 0 Å². The van der Waals surface area contributed by atoms with Gasteiger partial charge in [0.25, 0.3) is 5.91 Å². The molecule has 0 aromatic heterocycles. The molecule has 0 aliphatic carbocycles. The lowest BCUT2D eigenvalue weighted by Gasteiger charge is -2.10. The number of nitrogens with one attached hydrogen (secondary N) is 1. The van der Waals surface area contributed by atoms with Gasteiger partial charge in [0.05, 0.1) is 5.56 Å². The Morgan fingerprint density at radius 1 is 0.862 bits per heavy atom. The molecule has 1 amide bonds. The Bertz CT molecular complexity index is 904. The molecule has 3 rings (SSSR count). The molecule has 0 spiro atoms. The smallest absolute Gasteiger partial charge is 0.252 e. The number of hydrogen-bond acceptors (Lipinski definition) is 2. The van der Waals surface area contributed by atoms with Gasteiger partial charge in [-0.25, -0.2) is 0 Å². The van der Waals surface area contributed by atoms with Crippen molar-refractivity contribution in [3.05, 3.63) is 101 Å². The maximum Gasteiger partial charge on any atom is 0.252 e. The fourth-order valence-electron chi connectivity index (χ4n) is 3.17. The summed E-state index contributed by atoms with van der Waals surface area (Å²) in [6, 6.07) is 27.0. The highest BCUT2D eigenvalue weighted by Crippen LogP contribution is 2.26. The van der Waals surface area contributed by atoms with Gasteiger partial charge in [-0.3, -0.25) is 4.79 Å². The number of hydrogen-bond donors (Lipinski definition) is 1. The van der Waals surface area contributed by atoms with E-state index >= 15 is 0 Å². The van der Waals surface area contributed by atoms with E-state index in [1.165, 1.54) is 16.7 Å². The summed E-state index contributed by atoms with van der Waals surface area (Å²) < 4.78 is 0. The van der Waals surface area contributed by atoms with Crippen LogP contribution in [0.3, 0.4) is 0 Å². The Labute approximate surface area is 178 Å². The lowest BCUT2D eigenvalue weighted by molar-refractivity contribution is 0.0950. The van der Waals surface area contributed by atoms with Crippen LogP contribution in [0.1, 0.15) is 53.2 Å². The summed E-state index contributed by atoms with van der Waals surface area (Å²) in [5.41, 5.74) is 4.71. The number of aryl methyl sites for hydroxylation is 1. The first-order valence-electron chi connectivity index (χ1n) is 10.3. The molecule has 0 aliphatic heterocycles. The van der Waals surface area contributed by atoms with Gasteiger partial charge in [-0.15, -0.1) is 11.8 Å². The van der Waals surface area contributed by atoms with E-state index in [2.05, 4.69) is 55.6 Å². The second kappa shape index (κ2) is 10.9. The van der Waals surface area contributed by atoms with E-state index < -0.39 is 0 Å². The molecule has 29 heavy (non-hydrogen) atoms.